The van der Waals surface area contributed by atoms with Crippen LogP contribution in [0.2, 0.25) is 0 Å². The molecule has 2 nitrogen and oxygen atoms in total. The van der Waals surface area contributed by atoms with Gasteiger partial charge in [0.05, 0.1) is 11.3 Å². The van der Waals surface area contributed by atoms with Crippen LogP contribution >= 0.6 is 0 Å². The van der Waals surface area contributed by atoms with Gasteiger partial charge in [0, 0.05) is 11.6 Å². The molecule has 0 N–H and O–H groups in total. The molecule has 0 bridgehead atoms. The Morgan fingerprint density at radius 3 is 2.37 bits per heavy atom. The van der Waals surface area contributed by atoms with Crippen LogP contribution in [0, 0.1) is 6.92 Å². The quantitative estimate of drug-likeness (QED) is 0.438. The SMILES string of the molecule is Cc1cccc(-n2cc3cccc(C(F)(F)F)c3n2)c1Cc1ccccc1. The van der Waals surface area contributed by atoms with Gasteiger partial charge in [-0.1, -0.05) is 54.6 Å². The molecule has 0 atom stereocenters. The van der Waals surface area contributed by atoms with Crippen molar-refractivity contribution in [2.24, 2.45) is 0 Å². The van der Waals surface area contributed by atoms with E-state index in [1.807, 2.05) is 55.5 Å². The van der Waals surface area contributed by atoms with Gasteiger partial charge in [-0.15, -0.1) is 0 Å². The fourth-order valence-corrected chi connectivity index (χ4v) is 3.33. The summed E-state index contributed by atoms with van der Waals surface area (Å²) in [6.45, 7) is 2.01. The lowest BCUT2D eigenvalue weighted by atomic mass is 9.99. The number of alkyl halides is 3. The Balaban J connectivity index is 1.86. The number of benzene rings is 3. The molecule has 27 heavy (non-hydrogen) atoms. The summed E-state index contributed by atoms with van der Waals surface area (Å²) in [7, 11) is 0. The van der Waals surface area contributed by atoms with Crippen LogP contribution in [0.4, 0.5) is 13.2 Å². The topological polar surface area (TPSA) is 17.8 Å². The van der Waals surface area contributed by atoms with Crippen LogP contribution in [-0.2, 0) is 12.6 Å². The molecule has 0 aliphatic rings. The van der Waals surface area contributed by atoms with Crippen molar-refractivity contribution in [1.29, 1.82) is 0 Å². The summed E-state index contributed by atoms with van der Waals surface area (Å²) in [6, 6.07) is 19.9. The first-order valence-corrected chi connectivity index (χ1v) is 8.62. The summed E-state index contributed by atoms with van der Waals surface area (Å²) in [5.41, 5.74) is 3.31. The van der Waals surface area contributed by atoms with Gasteiger partial charge < -0.3 is 0 Å². The molecule has 5 heteroatoms. The highest BCUT2D eigenvalue weighted by molar-refractivity contribution is 5.82. The normalized spacial score (nSPS) is 11.9. The van der Waals surface area contributed by atoms with Crippen molar-refractivity contribution in [2.75, 3.05) is 0 Å². The number of hydrogen-bond donors (Lipinski definition) is 0. The molecular weight excluding hydrogens is 349 g/mol. The van der Waals surface area contributed by atoms with Gasteiger partial charge in [0.1, 0.15) is 5.52 Å². The molecular formula is C22H17F3N2. The van der Waals surface area contributed by atoms with Crippen LogP contribution in [-0.4, -0.2) is 9.78 Å². The first-order valence-electron chi connectivity index (χ1n) is 8.62. The summed E-state index contributed by atoms with van der Waals surface area (Å²) in [5.74, 6) is 0. The third-order valence-electron chi connectivity index (χ3n) is 4.70. The molecule has 0 amide bonds. The largest absolute Gasteiger partial charge is 0.418 e. The van der Waals surface area contributed by atoms with E-state index < -0.39 is 11.7 Å². The minimum Gasteiger partial charge on any atom is -0.239 e. The van der Waals surface area contributed by atoms with E-state index >= 15 is 0 Å². The van der Waals surface area contributed by atoms with Crippen LogP contribution in [0.25, 0.3) is 16.6 Å². The van der Waals surface area contributed by atoms with Crippen molar-refractivity contribution in [3.63, 3.8) is 0 Å². The van der Waals surface area contributed by atoms with Crippen LogP contribution in [0.15, 0.2) is 72.9 Å². The zero-order valence-corrected chi connectivity index (χ0v) is 14.7. The standard InChI is InChI=1S/C22H17F3N2/c1-15-7-5-12-20(18(15)13-16-8-3-2-4-9-16)27-14-17-10-6-11-19(21(17)26-27)22(23,24)25/h2-12,14H,13H2,1H3. The molecule has 1 heterocycles. The second-order valence-electron chi connectivity index (χ2n) is 6.55. The summed E-state index contributed by atoms with van der Waals surface area (Å²) in [4.78, 5) is 0. The van der Waals surface area contributed by atoms with Crippen molar-refractivity contribution in [3.05, 3.63) is 95.2 Å². The molecule has 3 aromatic carbocycles. The van der Waals surface area contributed by atoms with Gasteiger partial charge in [-0.05, 0) is 42.2 Å². The lowest BCUT2D eigenvalue weighted by Crippen LogP contribution is -2.06. The summed E-state index contributed by atoms with van der Waals surface area (Å²) in [5, 5.41) is 4.76. The van der Waals surface area contributed by atoms with E-state index in [0.717, 1.165) is 28.4 Å². The van der Waals surface area contributed by atoms with Crippen molar-refractivity contribution >= 4 is 10.9 Å². The van der Waals surface area contributed by atoms with E-state index in [1.54, 1.807) is 16.9 Å². The lowest BCUT2D eigenvalue weighted by molar-refractivity contribution is -0.136. The van der Waals surface area contributed by atoms with Crippen LogP contribution in [0.3, 0.4) is 0 Å². The van der Waals surface area contributed by atoms with Crippen LogP contribution in [0.5, 0.6) is 0 Å². The van der Waals surface area contributed by atoms with E-state index in [-0.39, 0.29) is 5.52 Å². The molecule has 136 valence electrons. The molecule has 0 aliphatic carbocycles. The van der Waals surface area contributed by atoms with E-state index in [0.29, 0.717) is 11.8 Å². The Labute approximate surface area is 154 Å². The number of halogens is 3. The van der Waals surface area contributed by atoms with Gasteiger partial charge in [-0.25, -0.2) is 4.68 Å². The zero-order valence-electron chi connectivity index (χ0n) is 14.7. The molecule has 0 spiro atoms. The molecule has 0 saturated heterocycles. The Bertz CT molecular complexity index is 1100. The average Bonchev–Trinajstić information content (AvgIpc) is 3.07. The summed E-state index contributed by atoms with van der Waals surface area (Å²) >= 11 is 0. The predicted molar refractivity (Wildman–Crippen MR) is 100 cm³/mol. The lowest BCUT2D eigenvalue weighted by Gasteiger charge is -2.13. The first-order chi connectivity index (χ1) is 12.9. The predicted octanol–water partition coefficient (Wildman–Crippen LogP) is 5.94. The average molecular weight is 366 g/mol. The van der Waals surface area contributed by atoms with Crippen molar-refractivity contribution in [3.8, 4) is 5.69 Å². The van der Waals surface area contributed by atoms with E-state index in [2.05, 4.69) is 5.10 Å². The number of fused-ring (bicyclic) bond motifs is 1. The number of aryl methyl sites for hydroxylation is 1. The van der Waals surface area contributed by atoms with Gasteiger partial charge >= 0.3 is 6.18 Å². The Morgan fingerprint density at radius 1 is 0.889 bits per heavy atom. The first kappa shape index (κ1) is 17.3. The Hall–Kier alpha value is -3.08. The van der Waals surface area contributed by atoms with Gasteiger partial charge in [0.25, 0.3) is 0 Å². The van der Waals surface area contributed by atoms with E-state index in [4.69, 9.17) is 0 Å². The third kappa shape index (κ3) is 3.33. The van der Waals surface area contributed by atoms with Crippen molar-refractivity contribution in [1.82, 2.24) is 9.78 Å². The number of hydrogen-bond acceptors (Lipinski definition) is 1. The molecule has 4 rings (SSSR count). The highest BCUT2D eigenvalue weighted by Gasteiger charge is 2.33. The Morgan fingerprint density at radius 2 is 1.63 bits per heavy atom. The minimum absolute atomic E-state index is 0.0304. The molecule has 4 aromatic rings. The highest BCUT2D eigenvalue weighted by Crippen LogP contribution is 2.34. The van der Waals surface area contributed by atoms with E-state index in [1.165, 1.54) is 6.07 Å². The number of nitrogens with zero attached hydrogens (tertiary/aromatic N) is 2. The zero-order chi connectivity index (χ0) is 19.0. The molecule has 0 saturated carbocycles. The number of rotatable bonds is 3. The van der Waals surface area contributed by atoms with Gasteiger partial charge in [-0.3, -0.25) is 0 Å². The maximum Gasteiger partial charge on any atom is 0.418 e. The van der Waals surface area contributed by atoms with Gasteiger partial charge in [-0.2, -0.15) is 18.3 Å². The van der Waals surface area contributed by atoms with E-state index in [9.17, 15) is 13.2 Å². The summed E-state index contributed by atoms with van der Waals surface area (Å²) in [6.07, 6.45) is -2.09. The maximum atomic E-state index is 13.3. The monoisotopic (exact) mass is 366 g/mol. The third-order valence-corrected chi connectivity index (χ3v) is 4.70. The fraction of sp³-hybridized carbons (Fsp3) is 0.136. The van der Waals surface area contributed by atoms with Crippen molar-refractivity contribution in [2.45, 2.75) is 19.5 Å². The number of aromatic nitrogens is 2. The second kappa shape index (κ2) is 6.58. The smallest absolute Gasteiger partial charge is 0.239 e. The minimum atomic E-state index is -4.43. The summed E-state index contributed by atoms with van der Waals surface area (Å²) < 4.78 is 41.5. The Kier molecular flexibility index (Phi) is 4.22. The van der Waals surface area contributed by atoms with Gasteiger partial charge in [0.2, 0.25) is 0 Å². The van der Waals surface area contributed by atoms with Crippen LogP contribution < -0.4 is 0 Å². The molecule has 0 unspecified atom stereocenters. The second-order valence-corrected chi connectivity index (χ2v) is 6.55. The molecule has 0 fully saturated rings. The molecule has 1 aromatic heterocycles. The molecule has 0 aliphatic heterocycles. The fourth-order valence-electron chi connectivity index (χ4n) is 3.33. The van der Waals surface area contributed by atoms with Crippen LogP contribution in [0.1, 0.15) is 22.3 Å². The van der Waals surface area contributed by atoms with Crippen molar-refractivity contribution < 1.29 is 13.2 Å². The maximum absolute atomic E-state index is 13.3. The van der Waals surface area contributed by atoms with Gasteiger partial charge in [0.15, 0.2) is 0 Å². The highest BCUT2D eigenvalue weighted by atomic mass is 19.4. The molecule has 0 radical (unpaired) electrons.